The number of hydrazone groups is 2. The number of allylic oxidation sites excluding steroid dienone is 8. The highest BCUT2D eigenvalue weighted by Crippen LogP contribution is 2.72. The van der Waals surface area contributed by atoms with Crippen molar-refractivity contribution in [2.75, 3.05) is 40.0 Å². The van der Waals surface area contributed by atoms with Crippen molar-refractivity contribution in [2.45, 2.75) is 192 Å². The number of hydrogen-bond donors (Lipinski definition) is 11. The fraction of sp³-hybridized carbons (Fsp3) is 0.730. The summed E-state index contributed by atoms with van der Waals surface area (Å²) < 4.78 is 47.2. The zero-order valence-electron chi connectivity index (χ0n) is 52.0. The largest absolute Gasteiger partial charge is 0.390 e. The van der Waals surface area contributed by atoms with Crippen LogP contribution in [-0.2, 0) is 43.0 Å². The van der Waals surface area contributed by atoms with Crippen LogP contribution in [0.2, 0.25) is 0 Å². The number of alkyl halides is 2. The lowest BCUT2D eigenvalue weighted by molar-refractivity contribution is -0.219. The molecule has 0 aliphatic heterocycles. The quantitative estimate of drug-likeness (QED) is 0.0737. The summed E-state index contributed by atoms with van der Waals surface area (Å²) >= 11 is 0. The standard InChI is InChI=1S/C63H91F2N7O15/c1-34-22-42-40-14-12-36-24-38(18-20-56(36,7)60(40,64)45(75)26-58(42,9)62(34,84)47(77)31-73)69-71-51(81)29-66-49(79)17-16-44(68-50(80)28-54(3,4)87-33-55(5,6)86-11)53(83)67-30-52(82)72-70-39-19-21-57(8)37(25-39)13-15-41-43-23-35(2)63(85,48(78)32-74)59(43,10)27-46(76)61(41,57)65/h18-21,24-25,34-35,40-46,73-76,84-85H,12-17,22-23,26-33H2,1-11H3,(H,66,79)(H,67,83)(H,68,80)(H,71,81)(H,72,82)/b69-38+,70-39+/t34-,35-,40+,41+,42+,43+,44+,45+,46+,56+,57+,58+,59+,60+,61+,62+,63+/m1/s1. The summed E-state index contributed by atoms with van der Waals surface area (Å²) in [5.74, 6) is -8.64. The number of hydrogen-bond acceptors (Lipinski definition) is 17. The first-order chi connectivity index (χ1) is 40.4. The summed E-state index contributed by atoms with van der Waals surface area (Å²) in [7, 11) is 1.52. The van der Waals surface area contributed by atoms with Gasteiger partial charge < -0.3 is 56.1 Å². The molecule has 22 nitrogen and oxygen atoms in total. The van der Waals surface area contributed by atoms with Crippen LogP contribution in [0.3, 0.4) is 0 Å². The lowest BCUT2D eigenvalue weighted by Crippen LogP contribution is -2.69. The van der Waals surface area contributed by atoms with E-state index >= 15 is 8.78 Å². The van der Waals surface area contributed by atoms with E-state index in [4.69, 9.17) is 9.47 Å². The maximum atomic E-state index is 17.9. The SMILES string of the molecule is COC(C)(C)COC(C)(C)CC(=O)N[C@@H](CCC(=O)NCC(=O)N/N=C1\C=C[C@@]2(C)C(=C1)CC[C@H]1[C@@H]3C[C@@H](C)[C@](O)(C(=O)CO)[C@@]3(C)C[C@H](O)[C@@]12F)C(=O)NCC(=O)N/N=C1\C=C[C@@]2(C)C(=C1)CC[C@H]1[C@@H]3C[C@@H](C)[C@](O)(C(=O)CO)[C@@]3(C)C[C@H](O)[C@@]12F. The van der Waals surface area contributed by atoms with E-state index < -0.39 is 177 Å². The van der Waals surface area contributed by atoms with E-state index in [2.05, 4.69) is 37.0 Å². The number of amides is 5. The number of nitrogens with zero attached hydrogens (tertiary/aromatic N) is 2. The molecule has 5 amide bonds. The van der Waals surface area contributed by atoms with Crippen LogP contribution in [-0.4, -0.2) is 175 Å². The summed E-state index contributed by atoms with van der Waals surface area (Å²) in [5.41, 5.74) is -8.39. The van der Waals surface area contributed by atoms with Crippen molar-refractivity contribution in [1.29, 1.82) is 0 Å². The van der Waals surface area contributed by atoms with Crippen LogP contribution in [0.25, 0.3) is 0 Å². The Morgan fingerprint density at radius 1 is 0.667 bits per heavy atom. The number of halogens is 2. The predicted octanol–water partition coefficient (Wildman–Crippen LogP) is 2.72. The molecule has 8 aliphatic rings. The lowest BCUT2D eigenvalue weighted by atomic mass is 9.44. The third-order valence-electron chi connectivity index (χ3n) is 22.4. The van der Waals surface area contributed by atoms with E-state index in [1.165, 1.54) is 19.3 Å². The summed E-state index contributed by atoms with van der Waals surface area (Å²) in [6.45, 7) is 14.4. The van der Waals surface area contributed by atoms with Gasteiger partial charge in [0.25, 0.3) is 11.8 Å². The van der Waals surface area contributed by atoms with Gasteiger partial charge in [0, 0.05) is 47.0 Å². The van der Waals surface area contributed by atoms with Gasteiger partial charge in [0.1, 0.15) is 30.5 Å². The predicted molar refractivity (Wildman–Crippen MR) is 314 cm³/mol. The first kappa shape index (κ1) is 67.5. The molecule has 0 unspecified atom stereocenters. The molecule has 0 aromatic rings. The van der Waals surface area contributed by atoms with Crippen molar-refractivity contribution in [2.24, 2.45) is 67.4 Å². The van der Waals surface area contributed by atoms with Crippen molar-refractivity contribution in [3.8, 4) is 0 Å². The average molecular weight is 1220 g/mol. The van der Waals surface area contributed by atoms with Gasteiger partial charge in [-0.3, -0.25) is 33.6 Å². The Balaban J connectivity index is 0.863. The first-order valence-electron chi connectivity index (χ1n) is 30.5. The molecule has 0 spiro atoms. The smallest absolute Gasteiger partial charge is 0.259 e. The number of ether oxygens (including phenoxy) is 2. The molecule has 0 aromatic carbocycles. The Kier molecular flexibility index (Phi) is 18.6. The van der Waals surface area contributed by atoms with Crippen molar-refractivity contribution in [3.63, 3.8) is 0 Å². The molecule has 0 bridgehead atoms. The van der Waals surface area contributed by atoms with E-state index in [-0.39, 0.29) is 50.1 Å². The second kappa shape index (κ2) is 24.0. The molecule has 6 saturated carbocycles. The summed E-state index contributed by atoms with van der Waals surface area (Å²) in [4.78, 5) is 92.8. The van der Waals surface area contributed by atoms with Gasteiger partial charge in [0.05, 0.1) is 61.0 Å². The van der Waals surface area contributed by atoms with E-state index in [1.807, 2.05) is 0 Å². The molecule has 6 fully saturated rings. The molecule has 11 N–H and O–H groups in total. The number of carbonyl (C=O) groups excluding carboxylic acids is 7. The Morgan fingerprint density at radius 2 is 1.10 bits per heavy atom. The van der Waals surface area contributed by atoms with E-state index in [1.54, 1.807) is 93.5 Å². The molecule has 24 heteroatoms. The Hall–Kier alpha value is -5.47. The fourth-order valence-corrected chi connectivity index (χ4v) is 17.2. The van der Waals surface area contributed by atoms with Gasteiger partial charge in [0.2, 0.25) is 17.7 Å². The zero-order chi connectivity index (χ0) is 64.5. The molecule has 0 heterocycles. The molecule has 8 aliphatic carbocycles. The minimum atomic E-state index is -2.20. The number of aliphatic hydroxyl groups excluding tert-OH is 4. The van der Waals surface area contributed by atoms with Gasteiger partial charge in [-0.2, -0.15) is 10.2 Å². The summed E-state index contributed by atoms with van der Waals surface area (Å²) in [6.07, 6.45) is 7.16. The molecule has 0 saturated heterocycles. The Bertz CT molecular complexity index is 2980. The average Bonchev–Trinajstić information content (AvgIpc) is 1.67. The van der Waals surface area contributed by atoms with Crippen LogP contribution in [0.1, 0.15) is 140 Å². The van der Waals surface area contributed by atoms with E-state index in [0.717, 1.165) is 0 Å². The number of fused-ring (bicyclic) bond motifs is 10. The molecular weight excluding hydrogens is 1130 g/mol. The molecule has 0 aromatic heterocycles. The van der Waals surface area contributed by atoms with Crippen molar-refractivity contribution in [3.05, 3.63) is 47.6 Å². The summed E-state index contributed by atoms with van der Waals surface area (Å²) in [5, 5.41) is 82.6. The fourth-order valence-electron chi connectivity index (χ4n) is 17.2. The minimum absolute atomic E-state index is 0.132. The lowest BCUT2D eigenvalue weighted by Gasteiger charge is -2.62. The maximum Gasteiger partial charge on any atom is 0.259 e. The number of carbonyl (C=O) groups is 7. The third-order valence-corrected chi connectivity index (χ3v) is 22.4. The number of methoxy groups -OCH3 is 1. The van der Waals surface area contributed by atoms with Crippen molar-refractivity contribution < 1.29 is 82.5 Å². The van der Waals surface area contributed by atoms with E-state index in [9.17, 15) is 64.2 Å². The molecule has 87 heavy (non-hydrogen) atoms. The van der Waals surface area contributed by atoms with E-state index in [0.29, 0.717) is 49.7 Å². The Labute approximate surface area is 506 Å². The second-order valence-electron chi connectivity index (χ2n) is 28.2. The normalized spacial score (nSPS) is 39.6. The number of ketones is 2. The highest BCUT2D eigenvalue weighted by molar-refractivity contribution is 6.07. The molecular formula is C63H91F2N7O15. The zero-order valence-corrected chi connectivity index (χ0v) is 52.0. The van der Waals surface area contributed by atoms with Crippen LogP contribution in [0.15, 0.2) is 57.8 Å². The number of rotatable bonds is 21. The topological polar surface area (TPSA) is 344 Å². The number of nitrogens with one attached hydrogen (secondary N) is 5. The number of aliphatic hydroxyl groups is 6. The molecule has 17 atom stereocenters. The van der Waals surface area contributed by atoms with Gasteiger partial charge in [-0.1, -0.05) is 51.0 Å². The van der Waals surface area contributed by atoms with Crippen LogP contribution in [0.4, 0.5) is 8.78 Å². The van der Waals surface area contributed by atoms with Crippen LogP contribution >= 0.6 is 0 Å². The monoisotopic (exact) mass is 1220 g/mol. The van der Waals surface area contributed by atoms with Crippen LogP contribution in [0.5, 0.6) is 0 Å². The van der Waals surface area contributed by atoms with Gasteiger partial charge in [-0.05, 0) is 147 Å². The minimum Gasteiger partial charge on any atom is -0.390 e. The van der Waals surface area contributed by atoms with Gasteiger partial charge in [-0.15, -0.1) is 0 Å². The van der Waals surface area contributed by atoms with Crippen molar-refractivity contribution in [1.82, 2.24) is 26.8 Å². The Morgan fingerprint density at radius 3 is 1.53 bits per heavy atom. The first-order valence-corrected chi connectivity index (χ1v) is 30.5. The maximum absolute atomic E-state index is 17.9. The molecule has 0 radical (unpaired) electrons. The molecule has 482 valence electrons. The van der Waals surface area contributed by atoms with Gasteiger partial charge in [0.15, 0.2) is 22.9 Å². The second-order valence-corrected chi connectivity index (χ2v) is 28.2. The van der Waals surface area contributed by atoms with Gasteiger partial charge >= 0.3 is 0 Å². The third kappa shape index (κ3) is 11.2. The van der Waals surface area contributed by atoms with Crippen LogP contribution < -0.4 is 26.8 Å². The van der Waals surface area contributed by atoms with Crippen molar-refractivity contribution >= 4 is 52.5 Å². The highest BCUT2D eigenvalue weighted by Gasteiger charge is 2.77. The molecule has 8 rings (SSSR count). The highest BCUT2D eigenvalue weighted by atomic mass is 19.1. The summed E-state index contributed by atoms with van der Waals surface area (Å²) in [6, 6.07) is -1.36. The number of Topliss-reactive ketones (excluding diaryl/α,β-unsaturated/α-hetero) is 2. The van der Waals surface area contributed by atoms with Gasteiger partial charge in [-0.25, -0.2) is 19.6 Å². The van der Waals surface area contributed by atoms with Crippen LogP contribution in [0, 0.1) is 57.2 Å².